The molecule has 2 heterocycles. The van der Waals surface area contributed by atoms with Crippen molar-refractivity contribution in [2.24, 2.45) is 11.8 Å². The predicted molar refractivity (Wildman–Crippen MR) is 170 cm³/mol. The number of ketones is 2. The van der Waals surface area contributed by atoms with Crippen LogP contribution >= 0.6 is 11.3 Å². The maximum Gasteiger partial charge on any atom is 0.224 e. The van der Waals surface area contributed by atoms with Gasteiger partial charge in [-0.05, 0) is 74.4 Å². The molecule has 1 N–H and O–H groups in total. The molecule has 1 amide bonds. The van der Waals surface area contributed by atoms with Crippen LogP contribution in [0, 0.1) is 11.8 Å². The fourth-order valence-corrected chi connectivity index (χ4v) is 6.60. The number of nitrogens with one attached hydrogen (secondary N) is 1. The Morgan fingerprint density at radius 2 is 1.83 bits per heavy atom. The van der Waals surface area contributed by atoms with Gasteiger partial charge in [0, 0.05) is 38.3 Å². The van der Waals surface area contributed by atoms with Gasteiger partial charge < -0.3 is 5.32 Å². The molecular formula is C34H51N3O3S. The molecule has 0 aliphatic carbocycles. The molecule has 3 atom stereocenters. The van der Waals surface area contributed by atoms with Gasteiger partial charge >= 0.3 is 0 Å². The highest BCUT2D eigenvalue weighted by atomic mass is 32.1. The van der Waals surface area contributed by atoms with E-state index in [1.54, 1.807) is 17.4 Å². The monoisotopic (exact) mass is 581 g/mol. The maximum absolute atomic E-state index is 13.7. The molecule has 3 rings (SSSR count). The molecule has 41 heavy (non-hydrogen) atoms. The third-order valence-corrected chi connectivity index (χ3v) is 9.43. The first kappa shape index (κ1) is 33.1. The summed E-state index contributed by atoms with van der Waals surface area (Å²) in [6, 6.07) is 6.25. The van der Waals surface area contributed by atoms with Crippen LogP contribution in [-0.4, -0.2) is 53.0 Å². The van der Waals surface area contributed by atoms with Crippen molar-refractivity contribution in [3.05, 3.63) is 40.9 Å². The molecule has 0 saturated carbocycles. The number of Topliss-reactive ketones (excluding diaryl/α,β-unsaturated/α-hetero) is 1. The van der Waals surface area contributed by atoms with E-state index in [1.807, 2.05) is 13.0 Å². The Kier molecular flexibility index (Phi) is 13.7. The van der Waals surface area contributed by atoms with E-state index < -0.39 is 5.92 Å². The number of thiazole rings is 1. The lowest BCUT2D eigenvalue weighted by atomic mass is 9.91. The van der Waals surface area contributed by atoms with E-state index in [2.05, 4.69) is 56.1 Å². The zero-order chi connectivity index (χ0) is 29.8. The molecule has 0 radical (unpaired) electrons. The minimum absolute atomic E-state index is 0.102. The molecule has 7 heteroatoms. The van der Waals surface area contributed by atoms with E-state index in [4.69, 9.17) is 4.98 Å². The van der Waals surface area contributed by atoms with Crippen LogP contribution in [0.4, 0.5) is 0 Å². The van der Waals surface area contributed by atoms with Crippen molar-refractivity contribution in [1.82, 2.24) is 15.2 Å². The zero-order valence-electron chi connectivity index (χ0n) is 25.9. The fraction of sp³-hybridized carbons (Fsp3) is 0.647. The smallest absolute Gasteiger partial charge is 0.224 e. The number of benzene rings is 1. The van der Waals surface area contributed by atoms with E-state index in [9.17, 15) is 14.4 Å². The molecule has 1 aliphatic rings. The van der Waals surface area contributed by atoms with Crippen LogP contribution in [-0.2, 0) is 20.8 Å². The number of likely N-dealkylation sites (tertiary alicyclic amines) is 1. The van der Waals surface area contributed by atoms with Gasteiger partial charge in [-0.2, -0.15) is 0 Å². The van der Waals surface area contributed by atoms with E-state index >= 15 is 0 Å². The van der Waals surface area contributed by atoms with Gasteiger partial charge in [0.05, 0.1) is 21.1 Å². The van der Waals surface area contributed by atoms with Gasteiger partial charge in [0.2, 0.25) is 5.91 Å². The molecule has 6 nitrogen and oxygen atoms in total. The van der Waals surface area contributed by atoms with Crippen molar-refractivity contribution >= 4 is 39.0 Å². The van der Waals surface area contributed by atoms with Crippen LogP contribution in [0.1, 0.15) is 109 Å². The second kappa shape index (κ2) is 16.9. The lowest BCUT2D eigenvalue weighted by Crippen LogP contribution is -2.43. The van der Waals surface area contributed by atoms with Crippen molar-refractivity contribution in [2.75, 3.05) is 19.6 Å². The van der Waals surface area contributed by atoms with Crippen LogP contribution in [0.5, 0.6) is 0 Å². The van der Waals surface area contributed by atoms with Gasteiger partial charge in [0.1, 0.15) is 5.78 Å². The van der Waals surface area contributed by atoms with Gasteiger partial charge in [-0.3, -0.25) is 19.3 Å². The topological polar surface area (TPSA) is 79.4 Å². The Bertz CT molecular complexity index is 1170. The number of carbonyl (C=O) groups excluding carboxylic acids is 3. The summed E-state index contributed by atoms with van der Waals surface area (Å²) in [6.07, 6.45) is 11.3. The lowest BCUT2D eigenvalue weighted by Gasteiger charge is -2.26. The van der Waals surface area contributed by atoms with Gasteiger partial charge in [-0.25, -0.2) is 4.98 Å². The number of fused-ring (bicyclic) bond motifs is 1. The number of amides is 1. The summed E-state index contributed by atoms with van der Waals surface area (Å²) in [6.45, 7) is 13.6. The Morgan fingerprint density at radius 1 is 1.07 bits per heavy atom. The average Bonchev–Trinajstić information content (AvgIpc) is 3.36. The van der Waals surface area contributed by atoms with Crippen molar-refractivity contribution in [3.63, 3.8) is 0 Å². The minimum Gasteiger partial charge on any atom is -0.353 e. The summed E-state index contributed by atoms with van der Waals surface area (Å²) in [4.78, 5) is 46.2. The predicted octanol–water partition coefficient (Wildman–Crippen LogP) is 7.26. The quantitative estimate of drug-likeness (QED) is 0.199. The molecule has 0 spiro atoms. The highest BCUT2D eigenvalue weighted by molar-refractivity contribution is 7.18. The SMILES string of the molecule is CCCC(=O)C[C@@H](Cc1nc2ccc(C(C)C)cc2s1)C(=O)N[C@H](CCC(=O)/C=C/CN1CCCCC1)[C@@H](C)CC. The van der Waals surface area contributed by atoms with Crippen molar-refractivity contribution < 1.29 is 14.4 Å². The van der Waals surface area contributed by atoms with Crippen molar-refractivity contribution in [2.45, 2.75) is 111 Å². The first-order valence-corrected chi connectivity index (χ1v) is 16.6. The Hall–Kier alpha value is -2.38. The standard InChI is InChI=1S/C34H51N3O3S/c1-6-12-29(39)21-27(23-33-35-31-16-14-26(24(3)4)22-32(31)41-33)34(40)36-30(25(5)7-2)17-15-28(38)13-11-20-37-18-9-8-10-19-37/h11,13-14,16,22,24-25,27,30H,6-10,12,15,17-21,23H2,1-5H3,(H,36,40)/b13-11+/t25-,27-,30+/m0/s1. The third kappa shape index (κ3) is 10.8. The molecule has 2 aromatic rings. The Labute approximate surface area is 251 Å². The molecule has 1 fully saturated rings. The van der Waals surface area contributed by atoms with Crippen LogP contribution in [0.15, 0.2) is 30.4 Å². The van der Waals surface area contributed by atoms with Gasteiger partial charge in [0.25, 0.3) is 0 Å². The summed E-state index contributed by atoms with van der Waals surface area (Å²) in [5.41, 5.74) is 2.21. The third-order valence-electron chi connectivity index (χ3n) is 8.39. The van der Waals surface area contributed by atoms with Crippen LogP contribution in [0.25, 0.3) is 10.2 Å². The summed E-state index contributed by atoms with van der Waals surface area (Å²) >= 11 is 1.62. The number of piperidine rings is 1. The minimum atomic E-state index is -0.467. The Morgan fingerprint density at radius 3 is 2.51 bits per heavy atom. The number of hydrogen-bond donors (Lipinski definition) is 1. The van der Waals surface area contributed by atoms with E-state index in [1.165, 1.54) is 24.8 Å². The number of hydrogen-bond acceptors (Lipinski definition) is 6. The zero-order valence-corrected chi connectivity index (χ0v) is 26.7. The highest BCUT2D eigenvalue weighted by Crippen LogP contribution is 2.29. The van der Waals surface area contributed by atoms with E-state index in [-0.39, 0.29) is 35.9 Å². The number of aromatic nitrogens is 1. The van der Waals surface area contributed by atoms with Crippen molar-refractivity contribution in [1.29, 1.82) is 0 Å². The van der Waals surface area contributed by atoms with Gasteiger partial charge in [0.15, 0.2) is 5.78 Å². The lowest BCUT2D eigenvalue weighted by molar-refractivity contribution is -0.130. The van der Waals surface area contributed by atoms with E-state index in [0.29, 0.717) is 31.6 Å². The Balaban J connectivity index is 1.66. The average molecular weight is 582 g/mol. The van der Waals surface area contributed by atoms with Crippen LogP contribution in [0.2, 0.25) is 0 Å². The summed E-state index contributed by atoms with van der Waals surface area (Å²) in [7, 11) is 0. The molecule has 1 aromatic carbocycles. The molecule has 1 saturated heterocycles. The van der Waals surface area contributed by atoms with Gasteiger partial charge in [-0.15, -0.1) is 11.3 Å². The first-order chi connectivity index (χ1) is 19.7. The first-order valence-electron chi connectivity index (χ1n) is 15.8. The molecular weight excluding hydrogens is 530 g/mol. The fourth-order valence-electron chi connectivity index (χ4n) is 5.50. The summed E-state index contributed by atoms with van der Waals surface area (Å²) < 4.78 is 1.12. The molecule has 0 unspecified atom stereocenters. The number of allylic oxidation sites excluding steroid dienone is 1. The maximum atomic E-state index is 13.7. The number of rotatable bonds is 17. The number of nitrogens with zero attached hydrogens (tertiary/aromatic N) is 2. The second-order valence-corrected chi connectivity index (χ2v) is 13.3. The summed E-state index contributed by atoms with van der Waals surface area (Å²) in [5.74, 6) is 0.318. The van der Waals surface area contributed by atoms with Crippen molar-refractivity contribution in [3.8, 4) is 0 Å². The molecule has 0 bridgehead atoms. The van der Waals surface area contributed by atoms with Crippen LogP contribution in [0.3, 0.4) is 0 Å². The highest BCUT2D eigenvalue weighted by Gasteiger charge is 2.27. The largest absolute Gasteiger partial charge is 0.353 e. The van der Waals surface area contributed by atoms with Crippen LogP contribution < -0.4 is 5.32 Å². The van der Waals surface area contributed by atoms with E-state index in [0.717, 1.165) is 47.7 Å². The van der Waals surface area contributed by atoms with Gasteiger partial charge in [-0.1, -0.05) is 59.6 Å². The summed E-state index contributed by atoms with van der Waals surface area (Å²) in [5, 5.41) is 4.15. The second-order valence-electron chi connectivity index (χ2n) is 12.2. The molecule has 226 valence electrons. The normalized spacial score (nSPS) is 16.7. The molecule has 1 aliphatic heterocycles. The number of carbonyl (C=O) groups is 3. The molecule has 1 aromatic heterocycles.